The van der Waals surface area contributed by atoms with Gasteiger partial charge in [-0.05, 0) is 11.7 Å². The van der Waals surface area contributed by atoms with Crippen molar-refractivity contribution in [1.82, 2.24) is 10.2 Å². The Bertz CT molecular complexity index is 404. The summed E-state index contributed by atoms with van der Waals surface area (Å²) in [6.45, 7) is 3.47. The number of alkyl halides is 3. The molecule has 0 spiro atoms. The molecule has 0 aromatic rings. The van der Waals surface area contributed by atoms with Crippen molar-refractivity contribution in [2.75, 3.05) is 31.1 Å². The van der Waals surface area contributed by atoms with Gasteiger partial charge in [0.05, 0.1) is 11.8 Å². The smallest absolute Gasteiger partial charge is 0.394 e. The van der Waals surface area contributed by atoms with E-state index in [1.807, 2.05) is 0 Å². The van der Waals surface area contributed by atoms with Gasteiger partial charge in [-0.1, -0.05) is 13.8 Å². The maximum Gasteiger partial charge on any atom is 0.394 e. The molecule has 0 saturated carbocycles. The van der Waals surface area contributed by atoms with Gasteiger partial charge in [-0.3, -0.25) is 4.79 Å². The van der Waals surface area contributed by atoms with Gasteiger partial charge >= 0.3 is 18.2 Å². The van der Waals surface area contributed by atoms with Crippen molar-refractivity contribution in [3.8, 4) is 0 Å². The first kappa shape index (κ1) is 18.9. The van der Waals surface area contributed by atoms with Gasteiger partial charge in [-0.2, -0.15) is 24.9 Å². The molecular weight excluding hydrogens is 321 g/mol. The summed E-state index contributed by atoms with van der Waals surface area (Å²) in [5, 5.41) is 11.4. The second-order valence-corrected chi connectivity index (χ2v) is 6.85. The molecule has 128 valence electrons. The summed E-state index contributed by atoms with van der Waals surface area (Å²) in [6.07, 6.45) is -4.62. The number of aliphatic carboxylic acids is 1. The van der Waals surface area contributed by atoms with Gasteiger partial charge in [0.25, 0.3) is 0 Å². The number of urea groups is 1. The average molecular weight is 342 g/mol. The van der Waals surface area contributed by atoms with Crippen LogP contribution in [0.25, 0.3) is 0 Å². The van der Waals surface area contributed by atoms with E-state index in [1.165, 1.54) is 0 Å². The third kappa shape index (κ3) is 5.58. The molecule has 2 atom stereocenters. The molecule has 1 saturated heterocycles. The van der Waals surface area contributed by atoms with Crippen LogP contribution in [0.3, 0.4) is 0 Å². The van der Waals surface area contributed by atoms with Crippen LogP contribution in [0, 0.1) is 17.8 Å². The van der Waals surface area contributed by atoms with Gasteiger partial charge in [-0.15, -0.1) is 0 Å². The Kier molecular flexibility index (Phi) is 6.83. The number of nitrogens with one attached hydrogen (secondary N) is 1. The molecule has 2 N–H and O–H groups in total. The Morgan fingerprint density at radius 1 is 1.36 bits per heavy atom. The molecule has 9 heteroatoms. The van der Waals surface area contributed by atoms with Gasteiger partial charge in [0.15, 0.2) is 0 Å². The number of carbonyl (C=O) groups excluding carboxylic acids is 1. The lowest BCUT2D eigenvalue weighted by molar-refractivity contribution is -0.187. The van der Waals surface area contributed by atoms with Crippen LogP contribution in [0.15, 0.2) is 0 Å². The van der Waals surface area contributed by atoms with E-state index in [-0.39, 0.29) is 0 Å². The van der Waals surface area contributed by atoms with Crippen molar-refractivity contribution in [3.63, 3.8) is 0 Å². The first-order chi connectivity index (χ1) is 10.1. The van der Waals surface area contributed by atoms with E-state index in [2.05, 4.69) is 19.2 Å². The normalized spacial score (nSPS) is 22.2. The van der Waals surface area contributed by atoms with Crippen molar-refractivity contribution < 1.29 is 27.9 Å². The first-order valence-electron chi connectivity index (χ1n) is 7.03. The summed E-state index contributed by atoms with van der Waals surface area (Å²) < 4.78 is 38.4. The Balaban J connectivity index is 2.45. The lowest BCUT2D eigenvalue weighted by Crippen LogP contribution is -2.40. The first-order valence-corrected chi connectivity index (χ1v) is 8.18. The van der Waals surface area contributed by atoms with Crippen molar-refractivity contribution in [3.05, 3.63) is 0 Å². The Labute approximate surface area is 131 Å². The highest BCUT2D eigenvalue weighted by Gasteiger charge is 2.53. The molecule has 0 unspecified atom stereocenters. The number of likely N-dealkylation sites (tertiary alicyclic amines) is 1. The van der Waals surface area contributed by atoms with E-state index in [0.717, 1.165) is 10.7 Å². The second-order valence-electron chi connectivity index (χ2n) is 5.70. The summed E-state index contributed by atoms with van der Waals surface area (Å²) in [4.78, 5) is 23.7. The number of halogens is 3. The molecule has 0 radical (unpaired) electrons. The van der Waals surface area contributed by atoms with E-state index >= 15 is 0 Å². The minimum Gasteiger partial charge on any atom is -0.481 e. The van der Waals surface area contributed by atoms with E-state index in [1.54, 1.807) is 11.8 Å². The molecule has 1 aliphatic heterocycles. The van der Waals surface area contributed by atoms with E-state index in [0.29, 0.717) is 18.2 Å². The molecule has 0 bridgehead atoms. The van der Waals surface area contributed by atoms with Gasteiger partial charge in [-0.25, -0.2) is 4.79 Å². The molecule has 0 aromatic heterocycles. The highest BCUT2D eigenvalue weighted by Crippen LogP contribution is 2.37. The monoisotopic (exact) mass is 342 g/mol. The van der Waals surface area contributed by atoms with E-state index in [4.69, 9.17) is 5.11 Å². The minimum atomic E-state index is -4.62. The molecule has 1 heterocycles. The summed E-state index contributed by atoms with van der Waals surface area (Å²) in [7, 11) is 0. The maximum atomic E-state index is 12.8. The molecule has 0 aromatic carbocycles. The van der Waals surface area contributed by atoms with Gasteiger partial charge in [0.2, 0.25) is 0 Å². The summed E-state index contributed by atoms with van der Waals surface area (Å²) in [6, 6.07) is -0.636. The number of rotatable bonds is 6. The molecule has 2 amide bonds. The van der Waals surface area contributed by atoms with Crippen LogP contribution in [0.1, 0.15) is 13.8 Å². The quantitative estimate of drug-likeness (QED) is 0.727. The number of carboxylic acids is 1. The average Bonchev–Trinajstić information content (AvgIpc) is 2.82. The van der Waals surface area contributed by atoms with Crippen LogP contribution >= 0.6 is 11.8 Å². The molecule has 22 heavy (non-hydrogen) atoms. The number of carboxylic acid groups (broad SMARTS) is 1. The fourth-order valence-corrected chi connectivity index (χ4v) is 3.10. The minimum absolute atomic E-state index is 0.348. The maximum absolute atomic E-state index is 12.8. The lowest BCUT2D eigenvalue weighted by atomic mass is 9.96. The second kappa shape index (κ2) is 7.94. The predicted molar refractivity (Wildman–Crippen MR) is 77.8 cm³/mol. The third-order valence-electron chi connectivity index (χ3n) is 3.32. The van der Waals surface area contributed by atoms with Gasteiger partial charge in [0.1, 0.15) is 0 Å². The van der Waals surface area contributed by atoms with Crippen LogP contribution in [-0.2, 0) is 4.79 Å². The van der Waals surface area contributed by atoms with Gasteiger partial charge in [0, 0.05) is 25.4 Å². The zero-order valence-corrected chi connectivity index (χ0v) is 13.3. The number of hydrogen-bond acceptors (Lipinski definition) is 3. The topological polar surface area (TPSA) is 69.6 Å². The summed E-state index contributed by atoms with van der Waals surface area (Å²) >= 11 is 1.65. The van der Waals surface area contributed by atoms with Crippen LogP contribution in [-0.4, -0.2) is 59.3 Å². The van der Waals surface area contributed by atoms with Crippen LogP contribution < -0.4 is 5.32 Å². The van der Waals surface area contributed by atoms with E-state index < -0.39 is 43.1 Å². The van der Waals surface area contributed by atoms with Crippen molar-refractivity contribution in [1.29, 1.82) is 0 Å². The van der Waals surface area contributed by atoms with Gasteiger partial charge < -0.3 is 15.3 Å². The predicted octanol–water partition coefficient (Wildman–Crippen LogP) is 2.28. The highest BCUT2D eigenvalue weighted by molar-refractivity contribution is 7.99. The fraction of sp³-hybridized carbons (Fsp3) is 0.846. The standard InChI is InChI=1S/C13H21F3N2O3S/c1-8(2)7-22-4-3-17-12(21)18-5-9(11(19)20)10(6-18)13(14,15)16/h8-10H,3-7H2,1-2H3,(H,17,21)(H,19,20)/t9-,10-/m1/s1. The Morgan fingerprint density at radius 3 is 2.45 bits per heavy atom. The fourth-order valence-electron chi connectivity index (χ4n) is 2.21. The zero-order valence-electron chi connectivity index (χ0n) is 12.5. The molecule has 1 fully saturated rings. The zero-order chi connectivity index (χ0) is 16.9. The number of hydrogen-bond donors (Lipinski definition) is 2. The van der Waals surface area contributed by atoms with Crippen molar-refractivity contribution >= 4 is 23.8 Å². The Morgan fingerprint density at radius 2 is 2.00 bits per heavy atom. The molecular formula is C13H21F3N2O3S. The molecule has 5 nitrogen and oxygen atoms in total. The van der Waals surface area contributed by atoms with Crippen LogP contribution in [0.2, 0.25) is 0 Å². The number of amides is 2. The van der Waals surface area contributed by atoms with Crippen molar-refractivity contribution in [2.24, 2.45) is 17.8 Å². The largest absolute Gasteiger partial charge is 0.481 e. The number of thioether (sulfide) groups is 1. The third-order valence-corrected chi connectivity index (χ3v) is 4.71. The Hall–Kier alpha value is -1.12. The van der Waals surface area contributed by atoms with E-state index in [9.17, 15) is 22.8 Å². The molecule has 1 aliphatic rings. The number of nitrogens with zero attached hydrogens (tertiary/aromatic N) is 1. The SMILES string of the molecule is CC(C)CSCCNC(=O)N1C[C@@H](C(F)(F)F)[C@H](C(=O)O)C1. The van der Waals surface area contributed by atoms with Crippen molar-refractivity contribution in [2.45, 2.75) is 20.0 Å². The summed E-state index contributed by atoms with van der Waals surface area (Å²) in [5.74, 6) is -2.99. The number of carbonyl (C=O) groups is 2. The molecule has 0 aliphatic carbocycles. The lowest BCUT2D eigenvalue weighted by Gasteiger charge is -2.18. The van der Waals surface area contributed by atoms with Crippen LogP contribution in [0.4, 0.5) is 18.0 Å². The summed E-state index contributed by atoms with van der Waals surface area (Å²) in [5.41, 5.74) is 0. The molecule has 1 rings (SSSR count). The highest BCUT2D eigenvalue weighted by atomic mass is 32.2. The van der Waals surface area contributed by atoms with Crippen LogP contribution in [0.5, 0.6) is 0 Å².